The third-order valence-corrected chi connectivity index (χ3v) is 5.80. The molecule has 0 spiro atoms. The molecule has 8 nitrogen and oxygen atoms in total. The molecular weight excluding hydrogens is 402 g/mol. The number of imidazole rings is 1. The molecule has 0 atom stereocenters. The number of para-hydroxylation sites is 2. The summed E-state index contributed by atoms with van der Waals surface area (Å²) in [6.07, 6.45) is 2.43. The highest BCUT2D eigenvalue weighted by molar-refractivity contribution is 5.91. The van der Waals surface area contributed by atoms with E-state index >= 15 is 0 Å². The monoisotopic (exact) mass is 425 g/mol. The van der Waals surface area contributed by atoms with Gasteiger partial charge in [0.05, 0.1) is 11.0 Å². The summed E-state index contributed by atoms with van der Waals surface area (Å²) in [7, 11) is 2.01. The van der Waals surface area contributed by atoms with Gasteiger partial charge in [-0.05, 0) is 62.2 Å². The van der Waals surface area contributed by atoms with Crippen molar-refractivity contribution in [3.8, 4) is 11.4 Å². The van der Waals surface area contributed by atoms with E-state index in [0.717, 1.165) is 45.1 Å². The van der Waals surface area contributed by atoms with Crippen molar-refractivity contribution >= 4 is 28.4 Å². The van der Waals surface area contributed by atoms with Crippen LogP contribution in [0.3, 0.4) is 0 Å². The maximum absolute atomic E-state index is 12.6. The number of rotatable bonds is 5. The normalized spacial score (nSPS) is 11.3. The van der Waals surface area contributed by atoms with E-state index in [1.807, 2.05) is 63.4 Å². The zero-order valence-corrected chi connectivity index (χ0v) is 18.2. The standard InChI is InChI=1S/C24H23N7O/c1-15-19(16(2)31-24(27-15)25-14-26-31)12-13-22(32)28-18-10-8-17(9-11-18)23-29-20-6-4-5-7-21(20)30(23)3/h4-11,14H,12-13H2,1-3H3,(H,28,32). The van der Waals surface area contributed by atoms with Gasteiger partial charge in [-0.15, -0.1) is 0 Å². The second-order valence-corrected chi connectivity index (χ2v) is 7.84. The lowest BCUT2D eigenvalue weighted by molar-refractivity contribution is -0.116. The van der Waals surface area contributed by atoms with E-state index in [1.54, 1.807) is 4.52 Å². The Hall–Kier alpha value is -4.07. The minimum atomic E-state index is -0.0435. The number of carbonyl (C=O) groups excluding carboxylic acids is 1. The van der Waals surface area contributed by atoms with Gasteiger partial charge in [0.1, 0.15) is 12.2 Å². The van der Waals surface area contributed by atoms with Crippen molar-refractivity contribution in [3.05, 3.63) is 71.8 Å². The summed E-state index contributed by atoms with van der Waals surface area (Å²) in [5.74, 6) is 1.43. The van der Waals surface area contributed by atoms with Crippen molar-refractivity contribution < 1.29 is 4.79 Å². The number of hydrogen-bond acceptors (Lipinski definition) is 5. The number of nitrogens with zero attached hydrogens (tertiary/aromatic N) is 6. The summed E-state index contributed by atoms with van der Waals surface area (Å²) in [5, 5.41) is 7.19. The molecule has 3 aromatic heterocycles. The number of benzene rings is 2. The molecule has 8 heteroatoms. The van der Waals surface area contributed by atoms with Crippen LogP contribution in [0.25, 0.3) is 28.2 Å². The van der Waals surface area contributed by atoms with Crippen LogP contribution >= 0.6 is 0 Å². The Morgan fingerprint density at radius 2 is 1.81 bits per heavy atom. The van der Waals surface area contributed by atoms with Crippen molar-refractivity contribution in [1.29, 1.82) is 0 Å². The van der Waals surface area contributed by atoms with Crippen LogP contribution in [-0.2, 0) is 18.3 Å². The summed E-state index contributed by atoms with van der Waals surface area (Å²) in [5.41, 5.74) is 6.68. The Labute approximate surface area is 185 Å². The molecular formula is C24H23N7O. The average Bonchev–Trinajstić information content (AvgIpc) is 3.39. The van der Waals surface area contributed by atoms with Crippen molar-refractivity contribution in [3.63, 3.8) is 0 Å². The van der Waals surface area contributed by atoms with Crippen LogP contribution in [0, 0.1) is 13.8 Å². The third kappa shape index (κ3) is 3.49. The Kier molecular flexibility index (Phi) is 4.89. The number of amides is 1. The van der Waals surface area contributed by atoms with Gasteiger partial charge in [0.25, 0.3) is 5.78 Å². The highest BCUT2D eigenvalue weighted by atomic mass is 16.1. The van der Waals surface area contributed by atoms with Gasteiger partial charge in [-0.25, -0.2) is 14.5 Å². The van der Waals surface area contributed by atoms with E-state index in [0.29, 0.717) is 18.6 Å². The Balaban J connectivity index is 1.28. The predicted molar refractivity (Wildman–Crippen MR) is 123 cm³/mol. The molecule has 32 heavy (non-hydrogen) atoms. The number of aryl methyl sites for hydroxylation is 3. The maximum Gasteiger partial charge on any atom is 0.252 e. The van der Waals surface area contributed by atoms with E-state index in [9.17, 15) is 4.79 Å². The van der Waals surface area contributed by atoms with Gasteiger partial charge in [0.2, 0.25) is 5.91 Å². The van der Waals surface area contributed by atoms with Gasteiger partial charge in [0.15, 0.2) is 0 Å². The SMILES string of the molecule is Cc1nc2ncnn2c(C)c1CCC(=O)Nc1ccc(-c2nc3ccccc3n2C)cc1. The molecule has 3 heterocycles. The molecule has 5 aromatic rings. The Bertz CT molecular complexity index is 1450. The zero-order chi connectivity index (χ0) is 22.2. The molecule has 1 amide bonds. The molecule has 1 N–H and O–H groups in total. The Morgan fingerprint density at radius 3 is 2.59 bits per heavy atom. The van der Waals surface area contributed by atoms with E-state index in [2.05, 4.69) is 31.0 Å². The number of fused-ring (bicyclic) bond motifs is 2. The predicted octanol–water partition coefficient (Wildman–Crippen LogP) is 3.87. The second kappa shape index (κ2) is 7.88. The first kappa shape index (κ1) is 19.9. The number of carbonyl (C=O) groups is 1. The molecule has 2 aromatic carbocycles. The molecule has 5 rings (SSSR count). The van der Waals surface area contributed by atoms with Crippen molar-refractivity contribution in [2.45, 2.75) is 26.7 Å². The first-order chi connectivity index (χ1) is 15.5. The number of anilines is 1. The van der Waals surface area contributed by atoms with Crippen LogP contribution in [0.4, 0.5) is 5.69 Å². The quantitative estimate of drug-likeness (QED) is 0.462. The van der Waals surface area contributed by atoms with Gasteiger partial charge in [0, 0.05) is 36.1 Å². The van der Waals surface area contributed by atoms with Crippen LogP contribution in [0.5, 0.6) is 0 Å². The number of hydrogen-bond donors (Lipinski definition) is 1. The fourth-order valence-corrected chi connectivity index (χ4v) is 4.09. The lowest BCUT2D eigenvalue weighted by Crippen LogP contribution is -2.14. The van der Waals surface area contributed by atoms with E-state index in [1.165, 1.54) is 6.33 Å². The third-order valence-electron chi connectivity index (χ3n) is 5.80. The fourth-order valence-electron chi connectivity index (χ4n) is 4.09. The Morgan fingerprint density at radius 1 is 1.03 bits per heavy atom. The van der Waals surface area contributed by atoms with Gasteiger partial charge in [-0.2, -0.15) is 10.1 Å². The molecule has 0 unspecified atom stereocenters. The van der Waals surface area contributed by atoms with E-state index < -0.39 is 0 Å². The first-order valence-electron chi connectivity index (χ1n) is 10.5. The van der Waals surface area contributed by atoms with E-state index in [-0.39, 0.29) is 5.91 Å². The smallest absolute Gasteiger partial charge is 0.252 e. The average molecular weight is 425 g/mol. The second-order valence-electron chi connectivity index (χ2n) is 7.84. The summed E-state index contributed by atoms with van der Waals surface area (Å²) >= 11 is 0. The highest BCUT2D eigenvalue weighted by Crippen LogP contribution is 2.25. The molecule has 0 bridgehead atoms. The molecule has 0 aliphatic carbocycles. The molecule has 0 fully saturated rings. The van der Waals surface area contributed by atoms with Gasteiger partial charge >= 0.3 is 0 Å². The molecule has 0 aliphatic heterocycles. The summed E-state index contributed by atoms with van der Waals surface area (Å²) in [6, 6.07) is 15.8. The lowest BCUT2D eigenvalue weighted by Gasteiger charge is -2.11. The van der Waals surface area contributed by atoms with Gasteiger partial charge in [-0.3, -0.25) is 4.79 Å². The van der Waals surface area contributed by atoms with Crippen molar-refractivity contribution in [1.82, 2.24) is 29.1 Å². The molecule has 0 saturated carbocycles. The van der Waals surface area contributed by atoms with Gasteiger partial charge in [-0.1, -0.05) is 12.1 Å². The van der Waals surface area contributed by atoms with Gasteiger partial charge < -0.3 is 9.88 Å². The zero-order valence-electron chi connectivity index (χ0n) is 18.2. The maximum atomic E-state index is 12.6. The van der Waals surface area contributed by atoms with Crippen molar-refractivity contribution in [2.24, 2.45) is 7.05 Å². The molecule has 0 aliphatic rings. The van der Waals surface area contributed by atoms with Crippen LogP contribution in [0.15, 0.2) is 54.9 Å². The van der Waals surface area contributed by atoms with Crippen LogP contribution in [-0.4, -0.2) is 35.0 Å². The fraction of sp³-hybridized carbons (Fsp3) is 0.208. The topological polar surface area (TPSA) is 90.0 Å². The number of aromatic nitrogens is 6. The van der Waals surface area contributed by atoms with Crippen LogP contribution in [0.1, 0.15) is 23.4 Å². The highest BCUT2D eigenvalue weighted by Gasteiger charge is 2.13. The first-order valence-corrected chi connectivity index (χ1v) is 10.5. The van der Waals surface area contributed by atoms with Crippen molar-refractivity contribution in [2.75, 3.05) is 5.32 Å². The number of nitrogens with one attached hydrogen (secondary N) is 1. The van der Waals surface area contributed by atoms with E-state index in [4.69, 9.17) is 4.98 Å². The summed E-state index contributed by atoms with van der Waals surface area (Å²) < 4.78 is 3.79. The molecule has 160 valence electrons. The summed E-state index contributed by atoms with van der Waals surface area (Å²) in [4.78, 5) is 25.9. The minimum absolute atomic E-state index is 0.0435. The molecule has 0 radical (unpaired) electrons. The summed E-state index contributed by atoms with van der Waals surface area (Å²) in [6.45, 7) is 3.91. The minimum Gasteiger partial charge on any atom is -0.327 e. The van der Waals surface area contributed by atoms with Crippen LogP contribution in [0.2, 0.25) is 0 Å². The van der Waals surface area contributed by atoms with Crippen LogP contribution < -0.4 is 5.32 Å². The lowest BCUT2D eigenvalue weighted by atomic mass is 10.1. The molecule has 0 saturated heterocycles. The largest absolute Gasteiger partial charge is 0.327 e.